The van der Waals surface area contributed by atoms with Crippen LogP contribution in [-0.2, 0) is 33.4 Å². The maximum Gasteiger partial charge on any atom is 0.253 e. The largest absolute Gasteiger partial charge is 0.394 e. The highest BCUT2D eigenvalue weighted by atomic mass is 16.7. The SMILES string of the molecule is COC1CC(OC2OC(CO)C(O)(CC(CN3C(=O)C=CC3=O)C3CCNC(N)C3)C(O)C2O)C2C(=O)C3C(O)CC(C)CC3C(=O)C2C1. The van der Waals surface area contributed by atoms with E-state index in [1.165, 1.54) is 7.11 Å². The van der Waals surface area contributed by atoms with Crippen LogP contribution < -0.4 is 11.1 Å². The Balaban J connectivity index is 1.23. The number of carbonyl (C=O) groups excluding carboxylic acids is 4. The number of carbonyl (C=O) groups is 4. The molecule has 0 aromatic heterocycles. The summed E-state index contributed by atoms with van der Waals surface area (Å²) in [6.45, 7) is 1.63. The first-order chi connectivity index (χ1) is 23.3. The minimum Gasteiger partial charge on any atom is -0.394 e. The van der Waals surface area contributed by atoms with Gasteiger partial charge in [0.25, 0.3) is 11.8 Å². The van der Waals surface area contributed by atoms with Gasteiger partial charge in [0.05, 0.1) is 42.9 Å². The Morgan fingerprint density at radius 2 is 1.71 bits per heavy atom. The quantitative estimate of drug-likeness (QED) is 0.129. The molecule has 16 atom stereocenters. The number of nitrogens with two attached hydrogens (primary N) is 1. The summed E-state index contributed by atoms with van der Waals surface area (Å²) in [4.78, 5) is 53.9. The Hall–Kier alpha value is -2.18. The van der Waals surface area contributed by atoms with E-state index in [1.807, 2.05) is 6.92 Å². The van der Waals surface area contributed by atoms with Gasteiger partial charge in [-0.3, -0.25) is 24.1 Å². The number of ether oxygens (including phenoxy) is 3. The number of nitrogens with zero attached hydrogens (tertiary/aromatic N) is 1. The van der Waals surface area contributed by atoms with Gasteiger partial charge in [-0.2, -0.15) is 0 Å². The van der Waals surface area contributed by atoms with E-state index in [1.54, 1.807) is 0 Å². The predicted molar refractivity (Wildman–Crippen MR) is 169 cm³/mol. The van der Waals surface area contributed by atoms with Gasteiger partial charge < -0.3 is 50.8 Å². The third kappa shape index (κ3) is 6.79. The highest BCUT2D eigenvalue weighted by Gasteiger charge is 2.61. The molecule has 0 spiro atoms. The molecule has 2 saturated heterocycles. The van der Waals surface area contributed by atoms with Crippen molar-refractivity contribution < 1.29 is 58.9 Å². The number of Topliss-reactive ketones (excluding diaryl/α,β-unsaturated/α-hetero) is 2. The van der Waals surface area contributed by atoms with Crippen molar-refractivity contribution in [2.24, 2.45) is 47.2 Å². The average Bonchev–Trinajstić information content (AvgIpc) is 3.38. The summed E-state index contributed by atoms with van der Waals surface area (Å²) in [5.41, 5.74) is 3.92. The van der Waals surface area contributed by atoms with E-state index < -0.39 is 96.5 Å². The zero-order valence-electron chi connectivity index (χ0n) is 28.0. The molecule has 3 heterocycles. The molecule has 274 valence electrons. The number of imide groups is 1. The number of methoxy groups -OCH3 is 1. The molecule has 6 rings (SSSR count). The molecule has 0 bridgehead atoms. The van der Waals surface area contributed by atoms with E-state index in [0.717, 1.165) is 17.1 Å². The number of hydrogen-bond donors (Lipinski definition) is 7. The summed E-state index contributed by atoms with van der Waals surface area (Å²) in [6, 6.07) is 0. The van der Waals surface area contributed by atoms with E-state index in [-0.39, 0.29) is 49.0 Å². The van der Waals surface area contributed by atoms with Crippen LogP contribution in [0.2, 0.25) is 0 Å². The first kappa shape index (κ1) is 36.6. The van der Waals surface area contributed by atoms with E-state index in [0.29, 0.717) is 38.6 Å². The topological polar surface area (TPSA) is 238 Å². The molecule has 15 heteroatoms. The number of rotatable bonds is 9. The monoisotopic (exact) mass is 693 g/mol. The Labute approximate surface area is 285 Å². The summed E-state index contributed by atoms with van der Waals surface area (Å²) in [6.07, 6.45) is -5.17. The van der Waals surface area contributed by atoms with Crippen molar-refractivity contribution in [3.63, 3.8) is 0 Å². The van der Waals surface area contributed by atoms with Crippen molar-refractivity contribution in [1.29, 1.82) is 0 Å². The van der Waals surface area contributed by atoms with Crippen molar-refractivity contribution in [3.8, 4) is 0 Å². The Morgan fingerprint density at radius 3 is 2.37 bits per heavy atom. The van der Waals surface area contributed by atoms with Crippen LogP contribution in [0.15, 0.2) is 12.2 Å². The lowest BCUT2D eigenvalue weighted by Crippen LogP contribution is -2.69. The number of aliphatic hydroxyl groups is 5. The molecule has 5 fully saturated rings. The summed E-state index contributed by atoms with van der Waals surface area (Å²) >= 11 is 0. The summed E-state index contributed by atoms with van der Waals surface area (Å²) < 4.78 is 17.9. The molecule has 49 heavy (non-hydrogen) atoms. The molecule has 0 radical (unpaired) electrons. The van der Waals surface area contributed by atoms with Crippen molar-refractivity contribution in [1.82, 2.24) is 10.2 Å². The second-order valence-corrected chi connectivity index (χ2v) is 15.2. The number of hydrogen-bond acceptors (Lipinski definition) is 14. The number of amides is 2. The molecule has 15 nitrogen and oxygen atoms in total. The molecule has 2 amide bonds. The second-order valence-electron chi connectivity index (χ2n) is 15.2. The fourth-order valence-corrected chi connectivity index (χ4v) is 9.67. The van der Waals surface area contributed by atoms with Gasteiger partial charge in [-0.15, -0.1) is 0 Å². The number of aliphatic hydroxyl groups excluding tert-OH is 4. The second kappa shape index (κ2) is 14.4. The number of fused-ring (bicyclic) bond motifs is 2. The molecule has 3 saturated carbocycles. The lowest BCUT2D eigenvalue weighted by atomic mass is 9.55. The first-order valence-electron chi connectivity index (χ1n) is 17.6. The van der Waals surface area contributed by atoms with Gasteiger partial charge in [0.1, 0.15) is 35.5 Å². The third-order valence-corrected chi connectivity index (χ3v) is 12.2. The normalized spacial score (nSPS) is 46.5. The van der Waals surface area contributed by atoms with E-state index >= 15 is 0 Å². The molecular formula is C34H51N3O12. The Kier molecular flexibility index (Phi) is 10.8. The predicted octanol–water partition coefficient (Wildman–Crippen LogP) is -2.03. The van der Waals surface area contributed by atoms with Gasteiger partial charge in [0.15, 0.2) is 6.29 Å². The minimum absolute atomic E-state index is 0.0824. The van der Waals surface area contributed by atoms with Crippen LogP contribution >= 0.6 is 0 Å². The van der Waals surface area contributed by atoms with Gasteiger partial charge in [-0.25, -0.2) is 0 Å². The third-order valence-electron chi connectivity index (χ3n) is 12.2. The standard InChI is InChI=1S/C34H51N3O12/c1-15-7-19-27(21(39)8-15)30(43)28-20(29(19)42)10-18(47-2)11-22(28)48-33-31(44)32(45)34(46,23(14-38)49-33)12-17(16-5-6-36-24(35)9-16)13-37-25(40)3-4-26(37)41/h3-4,15-24,27-28,31-33,36,38-39,44-46H,5-14,35H2,1-2H3. The number of piperidine rings is 1. The highest BCUT2D eigenvalue weighted by molar-refractivity contribution is 6.12. The first-order valence-corrected chi connectivity index (χ1v) is 17.6. The molecule has 0 aromatic rings. The van der Waals surface area contributed by atoms with Gasteiger partial charge in [-0.05, 0) is 62.8 Å². The number of nitrogens with one attached hydrogen (secondary N) is 1. The Morgan fingerprint density at radius 1 is 1.02 bits per heavy atom. The van der Waals surface area contributed by atoms with E-state index in [4.69, 9.17) is 19.9 Å². The van der Waals surface area contributed by atoms with E-state index in [2.05, 4.69) is 5.32 Å². The maximum absolute atomic E-state index is 14.0. The Bertz CT molecular complexity index is 1290. The summed E-state index contributed by atoms with van der Waals surface area (Å²) in [5, 5.41) is 59.5. The van der Waals surface area contributed by atoms with Gasteiger partial charge in [0, 0.05) is 44.1 Å². The minimum atomic E-state index is -2.25. The van der Waals surface area contributed by atoms with Crippen LogP contribution in [0.5, 0.6) is 0 Å². The van der Waals surface area contributed by atoms with Gasteiger partial charge in [0.2, 0.25) is 0 Å². The van der Waals surface area contributed by atoms with Crippen molar-refractivity contribution in [2.75, 3.05) is 26.8 Å². The van der Waals surface area contributed by atoms with Gasteiger partial charge >= 0.3 is 0 Å². The van der Waals surface area contributed by atoms with Crippen molar-refractivity contribution in [3.05, 3.63) is 12.2 Å². The fourth-order valence-electron chi connectivity index (χ4n) is 9.67. The van der Waals surface area contributed by atoms with Gasteiger partial charge in [-0.1, -0.05) is 6.92 Å². The molecule has 8 N–H and O–H groups in total. The number of ketones is 2. The summed E-state index contributed by atoms with van der Waals surface area (Å²) in [5.74, 6) is -5.24. The zero-order chi connectivity index (χ0) is 35.4. The maximum atomic E-state index is 14.0. The zero-order valence-corrected chi connectivity index (χ0v) is 28.0. The molecule has 16 unspecified atom stereocenters. The highest BCUT2D eigenvalue weighted by Crippen LogP contribution is 2.49. The van der Waals surface area contributed by atoms with Crippen LogP contribution in [0, 0.1) is 41.4 Å². The molecule has 6 aliphatic rings. The molecular weight excluding hydrogens is 642 g/mol. The van der Waals surface area contributed by atoms with Crippen LogP contribution in [0.3, 0.4) is 0 Å². The van der Waals surface area contributed by atoms with Crippen LogP contribution in [0.25, 0.3) is 0 Å². The fraction of sp³-hybridized carbons (Fsp3) is 0.824. The van der Waals surface area contributed by atoms with Crippen LogP contribution in [-0.4, -0.2) is 135 Å². The van der Waals surface area contributed by atoms with Crippen LogP contribution in [0.4, 0.5) is 0 Å². The van der Waals surface area contributed by atoms with Crippen LogP contribution in [0.1, 0.15) is 51.9 Å². The molecule has 0 aromatic carbocycles. The summed E-state index contributed by atoms with van der Waals surface area (Å²) in [7, 11) is 1.50. The van der Waals surface area contributed by atoms with Crippen molar-refractivity contribution >= 4 is 23.4 Å². The van der Waals surface area contributed by atoms with Crippen molar-refractivity contribution in [2.45, 2.75) is 107 Å². The lowest BCUT2D eigenvalue weighted by Gasteiger charge is -2.53. The molecule has 3 aliphatic heterocycles. The molecule has 3 aliphatic carbocycles. The lowest BCUT2D eigenvalue weighted by molar-refractivity contribution is -0.348. The smallest absolute Gasteiger partial charge is 0.253 e. The average molecular weight is 694 g/mol. The van der Waals surface area contributed by atoms with E-state index in [9.17, 15) is 44.7 Å².